The number of amides is 2. The molecule has 0 spiro atoms. The Bertz CT molecular complexity index is 315. The Morgan fingerprint density at radius 1 is 1.20 bits per heavy atom. The van der Waals surface area contributed by atoms with Crippen LogP contribution < -0.4 is 10.7 Å². The summed E-state index contributed by atoms with van der Waals surface area (Å²) < 4.78 is 0. The molecule has 0 aromatic heterocycles. The highest BCUT2D eigenvalue weighted by atomic mass is 16.4. The summed E-state index contributed by atoms with van der Waals surface area (Å²) in [6.45, 7) is 6.30. The van der Waals surface area contributed by atoms with Crippen LogP contribution >= 0.6 is 0 Å². The summed E-state index contributed by atoms with van der Waals surface area (Å²) in [5.74, 6) is -0.403. The van der Waals surface area contributed by atoms with Crippen molar-refractivity contribution in [3.8, 4) is 0 Å². The lowest BCUT2D eigenvalue weighted by Gasteiger charge is -2.27. The Balaban J connectivity index is 2.29. The van der Waals surface area contributed by atoms with Gasteiger partial charge in [0.15, 0.2) is 0 Å². The number of hydrazine groups is 1. The number of urea groups is 1. The van der Waals surface area contributed by atoms with E-state index in [2.05, 4.69) is 24.6 Å². The number of rotatable bonds is 7. The Hall–Kier alpha value is -1.30. The van der Waals surface area contributed by atoms with Crippen molar-refractivity contribution in [2.24, 2.45) is 11.8 Å². The van der Waals surface area contributed by atoms with Gasteiger partial charge >= 0.3 is 12.0 Å². The van der Waals surface area contributed by atoms with Crippen LogP contribution in [-0.4, -0.2) is 41.8 Å². The van der Waals surface area contributed by atoms with Gasteiger partial charge in [0, 0.05) is 26.1 Å². The quantitative estimate of drug-likeness (QED) is 0.666. The maximum Gasteiger partial charge on any atom is 0.329 e. The zero-order chi connectivity index (χ0) is 15.0. The molecule has 3 N–H and O–H groups in total. The van der Waals surface area contributed by atoms with Crippen LogP contribution in [0.5, 0.6) is 0 Å². The Morgan fingerprint density at radius 3 is 2.40 bits per heavy atom. The minimum atomic E-state index is -0.811. The third-order valence-electron chi connectivity index (χ3n) is 3.44. The lowest BCUT2D eigenvalue weighted by atomic mass is 9.94. The summed E-state index contributed by atoms with van der Waals surface area (Å²) in [4.78, 5) is 22.6. The van der Waals surface area contributed by atoms with Gasteiger partial charge in [-0.1, -0.05) is 20.3 Å². The third kappa shape index (κ3) is 7.33. The molecule has 0 radical (unpaired) electrons. The van der Waals surface area contributed by atoms with E-state index in [0.717, 1.165) is 32.4 Å². The van der Waals surface area contributed by atoms with Crippen molar-refractivity contribution in [1.82, 2.24) is 15.8 Å². The molecule has 6 nitrogen and oxygen atoms in total. The van der Waals surface area contributed by atoms with E-state index in [-0.39, 0.29) is 18.4 Å². The zero-order valence-corrected chi connectivity index (χ0v) is 12.5. The number of carboxylic acid groups (broad SMARTS) is 1. The van der Waals surface area contributed by atoms with Gasteiger partial charge in [-0.15, -0.1) is 0 Å². The number of nitrogens with one attached hydrogen (secondary N) is 2. The van der Waals surface area contributed by atoms with Crippen LogP contribution in [0.2, 0.25) is 0 Å². The summed E-state index contributed by atoms with van der Waals surface area (Å²) in [5, 5.41) is 13.6. The molecule has 6 heteroatoms. The standard InChI is InChI=1S/C14H27N3O3/c1-11(2)8-12(9-13(18)19)10-15-14(20)16-17-6-4-3-5-7-17/h11-12H,3-10H2,1-2H3,(H,18,19)(H2,15,16,20)/t12-/m0/s1. The summed E-state index contributed by atoms with van der Waals surface area (Å²) in [7, 11) is 0. The fourth-order valence-corrected chi connectivity index (χ4v) is 2.58. The minimum absolute atomic E-state index is 0.0143. The van der Waals surface area contributed by atoms with E-state index < -0.39 is 5.97 Å². The molecule has 1 heterocycles. The third-order valence-corrected chi connectivity index (χ3v) is 3.44. The number of hydrogen-bond acceptors (Lipinski definition) is 3. The van der Waals surface area contributed by atoms with E-state index in [9.17, 15) is 9.59 Å². The first-order valence-electron chi connectivity index (χ1n) is 7.48. The summed E-state index contributed by atoms with van der Waals surface area (Å²) in [6, 6.07) is -0.231. The fraction of sp³-hybridized carbons (Fsp3) is 0.857. The van der Waals surface area contributed by atoms with Gasteiger partial charge in [-0.2, -0.15) is 0 Å². The van der Waals surface area contributed by atoms with Gasteiger partial charge in [0.2, 0.25) is 0 Å². The monoisotopic (exact) mass is 285 g/mol. The molecule has 1 saturated heterocycles. The number of nitrogens with zero attached hydrogens (tertiary/aromatic N) is 1. The van der Waals surface area contributed by atoms with Gasteiger partial charge in [0.05, 0.1) is 0 Å². The van der Waals surface area contributed by atoms with Crippen molar-refractivity contribution >= 4 is 12.0 Å². The predicted molar refractivity (Wildman–Crippen MR) is 77.2 cm³/mol. The Kier molecular flexibility index (Phi) is 7.36. The van der Waals surface area contributed by atoms with Gasteiger partial charge in [-0.05, 0) is 31.1 Å². The lowest BCUT2D eigenvalue weighted by Crippen LogP contribution is -2.50. The average molecular weight is 285 g/mol. The van der Waals surface area contributed by atoms with E-state index in [1.54, 1.807) is 0 Å². The SMILES string of the molecule is CC(C)C[C@H](CNC(=O)NN1CCCCC1)CC(=O)O. The summed E-state index contributed by atoms with van der Waals surface area (Å²) in [5.41, 5.74) is 2.82. The molecule has 2 amide bonds. The first-order chi connectivity index (χ1) is 9.47. The predicted octanol–water partition coefficient (Wildman–Crippen LogP) is 1.82. The smallest absolute Gasteiger partial charge is 0.329 e. The van der Waals surface area contributed by atoms with Gasteiger partial charge in [-0.25, -0.2) is 9.80 Å². The minimum Gasteiger partial charge on any atom is -0.481 e. The van der Waals surface area contributed by atoms with E-state index >= 15 is 0 Å². The Morgan fingerprint density at radius 2 is 1.85 bits per heavy atom. The largest absolute Gasteiger partial charge is 0.481 e. The van der Waals surface area contributed by atoms with Gasteiger partial charge in [-0.3, -0.25) is 10.2 Å². The van der Waals surface area contributed by atoms with Crippen LogP contribution in [0.4, 0.5) is 4.79 Å². The Labute approximate surface area is 120 Å². The van der Waals surface area contributed by atoms with Crippen molar-refractivity contribution in [3.63, 3.8) is 0 Å². The molecule has 20 heavy (non-hydrogen) atoms. The van der Waals surface area contributed by atoms with E-state index in [0.29, 0.717) is 12.5 Å². The number of carbonyl (C=O) groups excluding carboxylic acids is 1. The molecule has 0 unspecified atom stereocenters. The second-order valence-electron chi connectivity index (χ2n) is 5.96. The van der Waals surface area contributed by atoms with Crippen molar-refractivity contribution in [2.75, 3.05) is 19.6 Å². The van der Waals surface area contributed by atoms with E-state index in [4.69, 9.17) is 5.11 Å². The molecular formula is C14H27N3O3. The number of hydrogen-bond donors (Lipinski definition) is 3. The van der Waals surface area contributed by atoms with Crippen LogP contribution in [0.25, 0.3) is 0 Å². The van der Waals surface area contributed by atoms with Gasteiger partial charge in [0.25, 0.3) is 0 Å². The first kappa shape index (κ1) is 16.8. The number of aliphatic carboxylic acids is 1. The molecular weight excluding hydrogens is 258 g/mol. The van der Waals surface area contributed by atoms with Crippen LogP contribution in [0.1, 0.15) is 46.0 Å². The van der Waals surface area contributed by atoms with Crippen molar-refractivity contribution in [2.45, 2.75) is 46.0 Å². The van der Waals surface area contributed by atoms with Gasteiger partial charge < -0.3 is 10.4 Å². The zero-order valence-electron chi connectivity index (χ0n) is 12.5. The first-order valence-corrected chi connectivity index (χ1v) is 7.48. The van der Waals surface area contributed by atoms with Crippen molar-refractivity contribution in [1.29, 1.82) is 0 Å². The topological polar surface area (TPSA) is 81.7 Å². The molecule has 0 bridgehead atoms. The molecule has 1 aliphatic rings. The second-order valence-corrected chi connectivity index (χ2v) is 5.96. The molecule has 1 aliphatic heterocycles. The average Bonchev–Trinajstić information content (AvgIpc) is 2.36. The molecule has 1 atom stereocenters. The van der Waals surface area contributed by atoms with E-state index in [1.807, 2.05) is 5.01 Å². The molecule has 0 aromatic carbocycles. The van der Waals surface area contributed by atoms with E-state index in [1.165, 1.54) is 6.42 Å². The lowest BCUT2D eigenvalue weighted by molar-refractivity contribution is -0.138. The summed E-state index contributed by atoms with van der Waals surface area (Å²) in [6.07, 6.45) is 4.33. The highest BCUT2D eigenvalue weighted by Crippen LogP contribution is 2.14. The number of carboxylic acids is 1. The molecule has 1 fully saturated rings. The normalized spacial score (nSPS) is 17.8. The number of piperidine rings is 1. The second kappa shape index (κ2) is 8.79. The molecule has 0 aliphatic carbocycles. The van der Waals surface area contributed by atoms with Crippen LogP contribution in [0.3, 0.4) is 0 Å². The van der Waals surface area contributed by atoms with Crippen LogP contribution in [-0.2, 0) is 4.79 Å². The van der Waals surface area contributed by atoms with Crippen molar-refractivity contribution in [3.05, 3.63) is 0 Å². The van der Waals surface area contributed by atoms with Crippen LogP contribution in [0, 0.1) is 11.8 Å². The maximum absolute atomic E-state index is 11.8. The van der Waals surface area contributed by atoms with Crippen LogP contribution in [0.15, 0.2) is 0 Å². The number of carbonyl (C=O) groups is 2. The molecule has 0 saturated carbocycles. The van der Waals surface area contributed by atoms with Gasteiger partial charge in [0.1, 0.15) is 0 Å². The highest BCUT2D eigenvalue weighted by Gasteiger charge is 2.17. The summed E-state index contributed by atoms with van der Waals surface area (Å²) >= 11 is 0. The van der Waals surface area contributed by atoms with Crippen molar-refractivity contribution < 1.29 is 14.7 Å². The highest BCUT2D eigenvalue weighted by molar-refractivity contribution is 5.73. The molecule has 0 aromatic rings. The fourth-order valence-electron chi connectivity index (χ4n) is 2.58. The maximum atomic E-state index is 11.8. The molecule has 1 rings (SSSR count). The molecule has 116 valence electrons.